The highest BCUT2D eigenvalue weighted by molar-refractivity contribution is 5.76. The van der Waals surface area contributed by atoms with E-state index in [0.29, 0.717) is 17.9 Å². The lowest BCUT2D eigenvalue weighted by atomic mass is 9.57. The molecule has 0 radical (unpaired) electrons. The minimum atomic E-state index is -1.11. The fraction of sp³-hybridized carbons (Fsp3) is 0.455. The summed E-state index contributed by atoms with van der Waals surface area (Å²) in [6.07, 6.45) is 0. The van der Waals surface area contributed by atoms with Crippen molar-refractivity contribution in [1.82, 2.24) is 15.0 Å². The van der Waals surface area contributed by atoms with Crippen molar-refractivity contribution in [2.45, 2.75) is 46.0 Å². The summed E-state index contributed by atoms with van der Waals surface area (Å²) >= 11 is 0. The summed E-state index contributed by atoms with van der Waals surface area (Å²) in [6, 6.07) is 12.9. The van der Waals surface area contributed by atoms with Gasteiger partial charge in [-0.25, -0.2) is 9.57 Å². The zero-order valence-corrected chi connectivity index (χ0v) is 17.3. The first kappa shape index (κ1) is 18.5. The van der Waals surface area contributed by atoms with Crippen LogP contribution in [0.4, 0.5) is 0 Å². The molecule has 7 nitrogen and oxygen atoms in total. The Morgan fingerprint density at radius 2 is 1.83 bits per heavy atom. The van der Waals surface area contributed by atoms with Crippen molar-refractivity contribution in [3.8, 4) is 11.4 Å². The molecule has 2 saturated heterocycles. The van der Waals surface area contributed by atoms with Gasteiger partial charge in [0.25, 0.3) is 5.79 Å². The quantitative estimate of drug-likeness (QED) is 0.659. The van der Waals surface area contributed by atoms with Crippen LogP contribution in [0.1, 0.15) is 40.2 Å². The van der Waals surface area contributed by atoms with Gasteiger partial charge in [0.1, 0.15) is 11.3 Å². The molecule has 2 aliphatic heterocycles. The van der Waals surface area contributed by atoms with Gasteiger partial charge in [-0.3, -0.25) is 0 Å². The molecule has 2 aliphatic rings. The zero-order chi connectivity index (χ0) is 20.7. The Bertz CT molecular complexity index is 1120. The van der Waals surface area contributed by atoms with Gasteiger partial charge < -0.3 is 9.84 Å². The molecule has 29 heavy (non-hydrogen) atoms. The van der Waals surface area contributed by atoms with E-state index in [-0.39, 0.29) is 16.6 Å². The predicted octanol–water partition coefficient (Wildman–Crippen LogP) is 4.08. The minimum Gasteiger partial charge on any atom is -0.508 e. The molecule has 1 aromatic heterocycles. The maximum absolute atomic E-state index is 10.6. The Labute approximate surface area is 169 Å². The summed E-state index contributed by atoms with van der Waals surface area (Å²) in [7, 11) is 0. The summed E-state index contributed by atoms with van der Waals surface area (Å²) in [4.78, 5) is 11.6. The Hall–Kier alpha value is -2.48. The van der Waals surface area contributed by atoms with Crippen LogP contribution in [0.2, 0.25) is 0 Å². The number of benzene rings is 2. The van der Waals surface area contributed by atoms with Crippen molar-refractivity contribution in [2.24, 2.45) is 10.8 Å². The number of rotatable bonds is 2. The third-order valence-corrected chi connectivity index (χ3v) is 6.27. The van der Waals surface area contributed by atoms with E-state index < -0.39 is 11.4 Å². The number of phenolic OH excluding ortho intramolecular Hbond substituents is 1. The van der Waals surface area contributed by atoms with E-state index in [1.54, 1.807) is 16.8 Å². The van der Waals surface area contributed by atoms with Gasteiger partial charge in [-0.2, -0.15) is 4.89 Å². The number of hydrogen-bond acceptors (Lipinski definition) is 6. The lowest BCUT2D eigenvalue weighted by molar-refractivity contribution is -0.626. The molecule has 0 aliphatic carbocycles. The first-order chi connectivity index (χ1) is 13.6. The Morgan fingerprint density at radius 3 is 2.52 bits per heavy atom. The van der Waals surface area contributed by atoms with Gasteiger partial charge in [-0.15, -0.1) is 5.10 Å². The molecule has 2 fully saturated rings. The molecule has 5 rings (SSSR count). The molecule has 3 aromatic rings. The average Bonchev–Trinajstić information content (AvgIpc) is 3.09. The summed E-state index contributed by atoms with van der Waals surface area (Å²) in [6.45, 7) is 11.1. The van der Waals surface area contributed by atoms with Crippen molar-refractivity contribution in [1.29, 1.82) is 0 Å². The molecule has 7 heteroatoms. The number of nitrogens with zero attached hydrogens (tertiary/aromatic N) is 3. The molecule has 1 N–H and O–H groups in total. The van der Waals surface area contributed by atoms with E-state index in [1.165, 1.54) is 0 Å². The smallest absolute Gasteiger partial charge is 0.261 e. The van der Waals surface area contributed by atoms with Crippen LogP contribution in [0.5, 0.6) is 5.75 Å². The number of ether oxygens (including phenoxy) is 1. The first-order valence-electron chi connectivity index (χ1n) is 9.78. The minimum absolute atomic E-state index is 0.0954. The molecule has 0 saturated carbocycles. The van der Waals surface area contributed by atoms with Crippen molar-refractivity contribution < 1.29 is 19.6 Å². The van der Waals surface area contributed by atoms with Crippen LogP contribution in [0.15, 0.2) is 42.5 Å². The monoisotopic (exact) mass is 395 g/mol. The fourth-order valence-corrected chi connectivity index (χ4v) is 5.20. The summed E-state index contributed by atoms with van der Waals surface area (Å²) in [5.41, 5.74) is 1.70. The lowest BCUT2D eigenvalue weighted by Crippen LogP contribution is -2.73. The number of fused-ring (bicyclic) bond motifs is 2. The maximum Gasteiger partial charge on any atom is 0.261 e. The van der Waals surface area contributed by atoms with Crippen molar-refractivity contribution in [3.05, 3.63) is 48.0 Å². The second kappa shape index (κ2) is 5.56. The molecule has 152 valence electrons. The Kier molecular flexibility index (Phi) is 3.56. The number of aromatic nitrogens is 3. The topological polar surface area (TPSA) is 78.6 Å². The third kappa shape index (κ3) is 2.18. The summed E-state index contributed by atoms with van der Waals surface area (Å²) in [5.74, 6) is -1.02. The molecule has 0 spiro atoms. The van der Waals surface area contributed by atoms with Crippen LogP contribution in [0.3, 0.4) is 0 Å². The molecule has 2 atom stereocenters. The molecule has 2 unspecified atom stereocenters. The maximum atomic E-state index is 10.6. The number of hydrogen-bond donors (Lipinski definition) is 1. The van der Waals surface area contributed by atoms with Gasteiger partial charge in [0, 0.05) is 22.5 Å². The van der Waals surface area contributed by atoms with Gasteiger partial charge in [0.05, 0.1) is 17.8 Å². The fourth-order valence-electron chi connectivity index (χ4n) is 5.20. The largest absolute Gasteiger partial charge is 0.508 e. The van der Waals surface area contributed by atoms with E-state index in [2.05, 4.69) is 44.9 Å². The number of phenols is 1. The van der Waals surface area contributed by atoms with Crippen LogP contribution in [-0.4, -0.2) is 32.3 Å². The van der Waals surface area contributed by atoms with Gasteiger partial charge in [-0.1, -0.05) is 52.0 Å². The molecule has 2 aromatic carbocycles. The first-order valence-corrected chi connectivity index (χ1v) is 9.78. The standard InChI is InChI=1S/C22H25N3O4/c1-19(2,3)22-20(4,5)13-27-21(22,28-29-22)14-10-15(12-16(26)11-14)25-18-9-7-6-8-17(18)23-24-25/h6-12,26H,13H2,1-5H3. The molecule has 3 heterocycles. The molecule has 0 amide bonds. The van der Waals surface area contributed by atoms with Gasteiger partial charge in [0.2, 0.25) is 0 Å². The molecular weight excluding hydrogens is 370 g/mol. The van der Waals surface area contributed by atoms with E-state index in [4.69, 9.17) is 14.5 Å². The second-order valence-electron chi connectivity index (χ2n) is 9.62. The second-order valence-corrected chi connectivity index (χ2v) is 9.62. The molecule has 0 bridgehead atoms. The van der Waals surface area contributed by atoms with Crippen LogP contribution in [-0.2, 0) is 20.3 Å². The summed E-state index contributed by atoms with van der Waals surface area (Å²) < 4.78 is 7.98. The Morgan fingerprint density at radius 1 is 1.07 bits per heavy atom. The highest BCUT2D eigenvalue weighted by atomic mass is 17.3. The van der Waals surface area contributed by atoms with Crippen LogP contribution in [0, 0.1) is 10.8 Å². The average molecular weight is 395 g/mol. The van der Waals surface area contributed by atoms with E-state index in [9.17, 15) is 5.11 Å². The molecular formula is C22H25N3O4. The van der Waals surface area contributed by atoms with Crippen LogP contribution < -0.4 is 0 Å². The predicted molar refractivity (Wildman–Crippen MR) is 106 cm³/mol. The van der Waals surface area contributed by atoms with Crippen molar-refractivity contribution in [2.75, 3.05) is 6.61 Å². The normalized spacial score (nSPS) is 28.3. The summed E-state index contributed by atoms with van der Waals surface area (Å²) in [5, 5.41) is 19.0. The highest BCUT2D eigenvalue weighted by Gasteiger charge is 2.81. The Balaban J connectivity index is 1.70. The van der Waals surface area contributed by atoms with Crippen molar-refractivity contribution in [3.63, 3.8) is 0 Å². The van der Waals surface area contributed by atoms with Crippen LogP contribution >= 0.6 is 0 Å². The van der Waals surface area contributed by atoms with E-state index in [1.807, 2.05) is 30.3 Å². The zero-order valence-electron chi connectivity index (χ0n) is 17.3. The van der Waals surface area contributed by atoms with Crippen LogP contribution in [0.25, 0.3) is 16.7 Å². The lowest BCUT2D eigenvalue weighted by Gasteiger charge is -2.61. The number of para-hydroxylation sites is 1. The third-order valence-electron chi connectivity index (χ3n) is 6.27. The SMILES string of the molecule is CC(C)(C)C12OOC1(c1cc(O)cc(-n3nnc4ccccc43)c1)OCC2(C)C. The van der Waals surface area contributed by atoms with Crippen molar-refractivity contribution >= 4 is 11.0 Å². The van der Waals surface area contributed by atoms with E-state index >= 15 is 0 Å². The van der Waals surface area contributed by atoms with Gasteiger partial charge in [-0.05, 0) is 24.3 Å². The van der Waals surface area contributed by atoms with Gasteiger partial charge >= 0.3 is 0 Å². The van der Waals surface area contributed by atoms with E-state index in [0.717, 1.165) is 11.0 Å². The van der Waals surface area contributed by atoms with Gasteiger partial charge in [0.15, 0.2) is 5.60 Å². The highest BCUT2D eigenvalue weighted by Crippen LogP contribution is 2.69. The number of aromatic hydroxyl groups is 1.